The first kappa shape index (κ1) is 16.4. The Balaban J connectivity index is 2.81. The number of aliphatic carboxylic acids is 1. The van der Waals surface area contributed by atoms with E-state index < -0.39 is 11.4 Å². The van der Waals surface area contributed by atoms with Crippen LogP contribution in [0.1, 0.15) is 39.1 Å². The zero-order chi connectivity index (χ0) is 15.3. The van der Waals surface area contributed by atoms with Gasteiger partial charge in [-0.05, 0) is 32.9 Å². The van der Waals surface area contributed by atoms with E-state index in [0.717, 1.165) is 11.4 Å². The average Bonchev–Trinajstić information content (AvgIpc) is 2.34. The number of carbonyl (C=O) groups is 1. The van der Waals surface area contributed by atoms with Gasteiger partial charge in [-0.3, -0.25) is 9.78 Å². The van der Waals surface area contributed by atoms with E-state index in [2.05, 4.69) is 24.1 Å². The number of pyridine rings is 1. The average molecular weight is 280 g/mol. The van der Waals surface area contributed by atoms with Gasteiger partial charge in [-0.15, -0.1) is 0 Å². The van der Waals surface area contributed by atoms with Gasteiger partial charge in [0.25, 0.3) is 0 Å². The molecule has 1 heterocycles. The van der Waals surface area contributed by atoms with E-state index in [1.807, 2.05) is 19.1 Å². The zero-order valence-corrected chi connectivity index (χ0v) is 12.9. The summed E-state index contributed by atoms with van der Waals surface area (Å²) in [5, 5.41) is 12.4. The molecule has 0 bridgehead atoms. The van der Waals surface area contributed by atoms with E-state index in [-0.39, 0.29) is 6.61 Å². The van der Waals surface area contributed by atoms with Crippen LogP contribution in [0.4, 0.5) is 0 Å². The predicted octanol–water partition coefficient (Wildman–Crippen LogP) is 2.38. The molecule has 2 N–H and O–H groups in total. The standard InChI is InChI=1S/C15H24N2O3/c1-10(2)16-8-12-13(7-6-11(3)17-12)20-9-15(4,5)14(18)19/h6-7,10,16H,8-9H2,1-5H3,(H,18,19). The first-order valence-corrected chi connectivity index (χ1v) is 6.78. The summed E-state index contributed by atoms with van der Waals surface area (Å²) in [5.74, 6) is -0.238. The SMILES string of the molecule is Cc1ccc(OCC(C)(C)C(=O)O)c(CNC(C)C)n1. The Bertz CT molecular complexity index is 470. The Morgan fingerprint density at radius 1 is 1.45 bits per heavy atom. The molecule has 0 aromatic carbocycles. The maximum absolute atomic E-state index is 11.1. The number of carboxylic acids is 1. The molecule has 112 valence electrons. The quantitative estimate of drug-likeness (QED) is 0.802. The highest BCUT2D eigenvalue weighted by molar-refractivity contribution is 5.73. The van der Waals surface area contributed by atoms with E-state index in [4.69, 9.17) is 9.84 Å². The number of rotatable bonds is 7. The van der Waals surface area contributed by atoms with Crippen molar-refractivity contribution in [3.63, 3.8) is 0 Å². The second kappa shape index (κ2) is 6.70. The van der Waals surface area contributed by atoms with Crippen molar-refractivity contribution in [2.24, 2.45) is 5.41 Å². The summed E-state index contributed by atoms with van der Waals surface area (Å²) in [7, 11) is 0. The number of hydrogen-bond donors (Lipinski definition) is 2. The molecule has 0 unspecified atom stereocenters. The van der Waals surface area contributed by atoms with Gasteiger partial charge < -0.3 is 15.2 Å². The fraction of sp³-hybridized carbons (Fsp3) is 0.600. The van der Waals surface area contributed by atoms with Gasteiger partial charge in [0.15, 0.2) is 0 Å². The highest BCUT2D eigenvalue weighted by atomic mass is 16.5. The van der Waals surface area contributed by atoms with Crippen LogP contribution in [0.3, 0.4) is 0 Å². The lowest BCUT2D eigenvalue weighted by Crippen LogP contribution is -2.31. The van der Waals surface area contributed by atoms with Crippen molar-refractivity contribution in [3.8, 4) is 5.75 Å². The van der Waals surface area contributed by atoms with Crippen LogP contribution in [0.5, 0.6) is 5.75 Å². The van der Waals surface area contributed by atoms with Crippen LogP contribution in [-0.2, 0) is 11.3 Å². The van der Waals surface area contributed by atoms with Crippen molar-refractivity contribution in [2.45, 2.75) is 47.2 Å². The molecular weight excluding hydrogens is 256 g/mol. The molecule has 0 spiro atoms. The summed E-state index contributed by atoms with van der Waals surface area (Å²) < 4.78 is 5.67. The molecule has 1 rings (SSSR count). The molecule has 0 radical (unpaired) electrons. The van der Waals surface area contributed by atoms with Crippen molar-refractivity contribution < 1.29 is 14.6 Å². The van der Waals surface area contributed by atoms with Crippen molar-refractivity contribution in [1.29, 1.82) is 0 Å². The Morgan fingerprint density at radius 3 is 2.65 bits per heavy atom. The summed E-state index contributed by atoms with van der Waals surface area (Å²) in [5.41, 5.74) is 0.795. The summed E-state index contributed by atoms with van der Waals surface area (Å²) in [6, 6.07) is 4.06. The Hall–Kier alpha value is -1.62. The summed E-state index contributed by atoms with van der Waals surface area (Å²) >= 11 is 0. The molecule has 0 aliphatic heterocycles. The number of nitrogens with zero attached hydrogens (tertiary/aromatic N) is 1. The van der Waals surface area contributed by atoms with Crippen LogP contribution in [0.2, 0.25) is 0 Å². The fourth-order valence-electron chi connectivity index (χ4n) is 1.48. The minimum atomic E-state index is -0.923. The second-order valence-electron chi connectivity index (χ2n) is 5.91. The van der Waals surface area contributed by atoms with Gasteiger partial charge in [0, 0.05) is 18.3 Å². The number of ether oxygens (including phenoxy) is 1. The first-order chi connectivity index (χ1) is 9.22. The highest BCUT2D eigenvalue weighted by Gasteiger charge is 2.28. The van der Waals surface area contributed by atoms with E-state index in [0.29, 0.717) is 18.3 Å². The van der Waals surface area contributed by atoms with Crippen LogP contribution >= 0.6 is 0 Å². The molecule has 0 saturated heterocycles. The predicted molar refractivity (Wildman–Crippen MR) is 77.9 cm³/mol. The van der Waals surface area contributed by atoms with E-state index in [9.17, 15) is 4.79 Å². The minimum absolute atomic E-state index is 0.113. The van der Waals surface area contributed by atoms with Gasteiger partial charge in [0.1, 0.15) is 12.4 Å². The van der Waals surface area contributed by atoms with Crippen molar-refractivity contribution in [2.75, 3.05) is 6.61 Å². The van der Waals surface area contributed by atoms with Crippen LogP contribution in [0.15, 0.2) is 12.1 Å². The number of carboxylic acid groups (broad SMARTS) is 1. The molecule has 5 heteroatoms. The third kappa shape index (κ3) is 4.81. The summed E-state index contributed by atoms with van der Waals surface area (Å²) in [4.78, 5) is 15.5. The van der Waals surface area contributed by atoms with Gasteiger partial charge in [-0.2, -0.15) is 0 Å². The summed E-state index contributed by atoms with van der Waals surface area (Å²) in [6.07, 6.45) is 0. The topological polar surface area (TPSA) is 71.5 Å². The largest absolute Gasteiger partial charge is 0.490 e. The fourth-order valence-corrected chi connectivity index (χ4v) is 1.48. The van der Waals surface area contributed by atoms with Gasteiger partial charge in [-0.1, -0.05) is 13.8 Å². The smallest absolute Gasteiger partial charge is 0.312 e. The number of aryl methyl sites for hydroxylation is 1. The van der Waals surface area contributed by atoms with Crippen molar-refractivity contribution in [3.05, 3.63) is 23.5 Å². The molecule has 0 saturated carbocycles. The van der Waals surface area contributed by atoms with Crippen LogP contribution in [-0.4, -0.2) is 28.7 Å². The van der Waals surface area contributed by atoms with E-state index in [1.54, 1.807) is 13.8 Å². The molecule has 0 atom stereocenters. The number of hydrogen-bond acceptors (Lipinski definition) is 4. The Labute approximate surface area is 120 Å². The number of nitrogens with one attached hydrogen (secondary N) is 1. The van der Waals surface area contributed by atoms with E-state index in [1.165, 1.54) is 0 Å². The third-order valence-corrected chi connectivity index (χ3v) is 2.92. The van der Waals surface area contributed by atoms with Crippen LogP contribution in [0, 0.1) is 12.3 Å². The molecule has 0 aliphatic carbocycles. The van der Waals surface area contributed by atoms with Crippen molar-refractivity contribution >= 4 is 5.97 Å². The lowest BCUT2D eigenvalue weighted by atomic mass is 9.95. The molecule has 0 amide bonds. The summed E-state index contributed by atoms with van der Waals surface area (Å²) in [6.45, 7) is 10.0. The van der Waals surface area contributed by atoms with Crippen molar-refractivity contribution in [1.82, 2.24) is 10.3 Å². The Morgan fingerprint density at radius 2 is 2.10 bits per heavy atom. The molecule has 1 aromatic rings. The molecule has 20 heavy (non-hydrogen) atoms. The van der Waals surface area contributed by atoms with Gasteiger partial charge in [-0.25, -0.2) is 0 Å². The molecule has 0 fully saturated rings. The molecule has 5 nitrogen and oxygen atoms in total. The van der Waals surface area contributed by atoms with E-state index >= 15 is 0 Å². The highest BCUT2D eigenvalue weighted by Crippen LogP contribution is 2.22. The normalized spacial score (nSPS) is 11.7. The molecule has 0 aliphatic rings. The maximum Gasteiger partial charge on any atom is 0.312 e. The first-order valence-electron chi connectivity index (χ1n) is 6.78. The van der Waals surface area contributed by atoms with Gasteiger partial charge in [0.2, 0.25) is 0 Å². The molecular formula is C15H24N2O3. The minimum Gasteiger partial charge on any atom is -0.490 e. The van der Waals surface area contributed by atoms with Gasteiger partial charge in [0.05, 0.1) is 11.1 Å². The second-order valence-corrected chi connectivity index (χ2v) is 5.91. The lowest BCUT2D eigenvalue weighted by Gasteiger charge is -2.21. The molecule has 1 aromatic heterocycles. The third-order valence-electron chi connectivity index (χ3n) is 2.92. The number of aromatic nitrogens is 1. The monoisotopic (exact) mass is 280 g/mol. The maximum atomic E-state index is 11.1. The lowest BCUT2D eigenvalue weighted by molar-refractivity contribution is -0.148. The van der Waals surface area contributed by atoms with Crippen LogP contribution < -0.4 is 10.1 Å². The zero-order valence-electron chi connectivity index (χ0n) is 12.9. The van der Waals surface area contributed by atoms with Crippen LogP contribution in [0.25, 0.3) is 0 Å². The Kier molecular flexibility index (Phi) is 5.51. The van der Waals surface area contributed by atoms with Gasteiger partial charge >= 0.3 is 5.97 Å².